The number of hydrogen-bond donors (Lipinski definition) is 0. The van der Waals surface area contributed by atoms with E-state index in [4.69, 9.17) is 0 Å². The van der Waals surface area contributed by atoms with E-state index in [9.17, 15) is 13.6 Å². The SMILES string of the molecule is CC.Cc1ccc(CC(=O)N2CC(F)(F)C2)cc1. The van der Waals surface area contributed by atoms with Gasteiger partial charge in [0, 0.05) is 0 Å². The number of carbonyl (C=O) groups excluding carboxylic acids is 1. The van der Waals surface area contributed by atoms with Crippen LogP contribution in [0.5, 0.6) is 0 Å². The van der Waals surface area contributed by atoms with E-state index in [0.29, 0.717) is 0 Å². The number of likely N-dealkylation sites (tertiary alicyclic amines) is 1. The van der Waals surface area contributed by atoms with E-state index in [2.05, 4.69) is 0 Å². The summed E-state index contributed by atoms with van der Waals surface area (Å²) in [4.78, 5) is 12.8. The highest BCUT2D eigenvalue weighted by atomic mass is 19.3. The molecule has 1 amide bonds. The third-order valence-electron chi connectivity index (χ3n) is 2.67. The lowest BCUT2D eigenvalue weighted by molar-refractivity contribution is -0.165. The van der Waals surface area contributed by atoms with Gasteiger partial charge in [-0.25, -0.2) is 8.78 Å². The number of nitrogens with zero attached hydrogens (tertiary/aromatic N) is 1. The minimum absolute atomic E-state index is 0.205. The molecule has 0 bridgehead atoms. The van der Waals surface area contributed by atoms with Gasteiger partial charge < -0.3 is 4.90 Å². The van der Waals surface area contributed by atoms with Gasteiger partial charge in [0.25, 0.3) is 5.92 Å². The summed E-state index contributed by atoms with van der Waals surface area (Å²) < 4.78 is 25.1. The Hall–Kier alpha value is -1.45. The average Bonchev–Trinajstić information content (AvgIpc) is 2.31. The van der Waals surface area contributed by atoms with Gasteiger partial charge in [-0.3, -0.25) is 4.79 Å². The zero-order chi connectivity index (χ0) is 13.8. The molecule has 0 aromatic heterocycles. The van der Waals surface area contributed by atoms with Crippen LogP contribution in [0.3, 0.4) is 0 Å². The maximum Gasteiger partial charge on any atom is 0.282 e. The number of carbonyl (C=O) groups is 1. The van der Waals surface area contributed by atoms with Crippen molar-refractivity contribution in [3.05, 3.63) is 35.4 Å². The first kappa shape index (κ1) is 14.6. The van der Waals surface area contributed by atoms with Crippen molar-refractivity contribution in [2.75, 3.05) is 13.1 Å². The lowest BCUT2D eigenvalue weighted by Gasteiger charge is -2.38. The Morgan fingerprint density at radius 1 is 1.22 bits per heavy atom. The van der Waals surface area contributed by atoms with Crippen molar-refractivity contribution >= 4 is 5.91 Å². The Labute approximate surface area is 107 Å². The highest BCUT2D eigenvalue weighted by Gasteiger charge is 2.45. The van der Waals surface area contributed by atoms with Crippen LogP contribution in [0.2, 0.25) is 0 Å². The van der Waals surface area contributed by atoms with Crippen molar-refractivity contribution in [2.45, 2.75) is 33.1 Å². The molecule has 1 fully saturated rings. The fraction of sp³-hybridized carbons (Fsp3) is 0.500. The monoisotopic (exact) mass is 255 g/mol. The first-order valence-corrected chi connectivity index (χ1v) is 6.17. The standard InChI is InChI=1S/C12H13F2NO.C2H6/c1-9-2-4-10(5-3-9)6-11(16)15-7-12(13,14)8-15;1-2/h2-5H,6-8H2,1H3;1-2H3. The molecule has 1 aliphatic heterocycles. The van der Waals surface area contributed by atoms with Gasteiger partial charge in [-0.2, -0.15) is 0 Å². The molecule has 0 atom stereocenters. The van der Waals surface area contributed by atoms with E-state index in [1.165, 1.54) is 4.90 Å². The fourth-order valence-electron chi connectivity index (χ4n) is 1.68. The average molecular weight is 255 g/mol. The summed E-state index contributed by atoms with van der Waals surface area (Å²) in [6.07, 6.45) is 0.205. The van der Waals surface area contributed by atoms with Crippen LogP contribution in [0.4, 0.5) is 8.78 Å². The largest absolute Gasteiger partial charge is 0.330 e. The van der Waals surface area contributed by atoms with Crippen LogP contribution >= 0.6 is 0 Å². The number of benzene rings is 1. The summed E-state index contributed by atoms with van der Waals surface area (Å²) in [6.45, 7) is 5.09. The first-order chi connectivity index (χ1) is 8.46. The molecule has 2 nitrogen and oxygen atoms in total. The van der Waals surface area contributed by atoms with E-state index in [1.807, 2.05) is 45.0 Å². The highest BCUT2D eigenvalue weighted by molar-refractivity contribution is 5.79. The van der Waals surface area contributed by atoms with E-state index in [1.54, 1.807) is 0 Å². The molecular weight excluding hydrogens is 236 g/mol. The molecule has 1 saturated heterocycles. The van der Waals surface area contributed by atoms with Gasteiger partial charge in [0.15, 0.2) is 0 Å². The quantitative estimate of drug-likeness (QED) is 0.795. The van der Waals surface area contributed by atoms with E-state index in [0.717, 1.165) is 11.1 Å². The number of alkyl halides is 2. The van der Waals surface area contributed by atoms with Crippen LogP contribution in [0.1, 0.15) is 25.0 Å². The van der Waals surface area contributed by atoms with Crippen LogP contribution < -0.4 is 0 Å². The molecule has 0 unspecified atom stereocenters. The summed E-state index contributed by atoms with van der Waals surface area (Å²) >= 11 is 0. The van der Waals surface area contributed by atoms with Crippen LogP contribution in [0.15, 0.2) is 24.3 Å². The molecular formula is C14H19F2NO. The molecule has 0 radical (unpaired) electrons. The second-order valence-corrected chi connectivity index (χ2v) is 4.27. The number of rotatable bonds is 2. The summed E-state index contributed by atoms with van der Waals surface area (Å²) in [6, 6.07) is 7.52. The van der Waals surface area contributed by atoms with Gasteiger partial charge in [-0.05, 0) is 12.5 Å². The number of amides is 1. The maximum absolute atomic E-state index is 12.5. The lowest BCUT2D eigenvalue weighted by Crippen LogP contribution is -2.58. The zero-order valence-electron chi connectivity index (χ0n) is 11.0. The van der Waals surface area contributed by atoms with E-state index < -0.39 is 19.0 Å². The molecule has 2 rings (SSSR count). The van der Waals surface area contributed by atoms with Gasteiger partial charge in [0.2, 0.25) is 5.91 Å². The maximum atomic E-state index is 12.5. The molecule has 18 heavy (non-hydrogen) atoms. The minimum Gasteiger partial charge on any atom is -0.330 e. The second kappa shape index (κ2) is 5.94. The Bertz CT molecular complexity index is 393. The van der Waals surface area contributed by atoms with Crippen LogP contribution in [-0.2, 0) is 11.2 Å². The normalized spacial score (nSPS) is 16.4. The number of halogens is 2. The Balaban J connectivity index is 0.000000771. The molecule has 0 spiro atoms. The van der Waals surface area contributed by atoms with E-state index in [-0.39, 0.29) is 12.3 Å². The van der Waals surface area contributed by atoms with Crippen molar-refractivity contribution in [1.29, 1.82) is 0 Å². The van der Waals surface area contributed by atoms with Crippen molar-refractivity contribution in [3.8, 4) is 0 Å². The van der Waals surface area contributed by atoms with E-state index >= 15 is 0 Å². The molecule has 1 aromatic rings. The molecule has 1 aliphatic rings. The van der Waals surface area contributed by atoms with Crippen LogP contribution in [0, 0.1) is 6.92 Å². The van der Waals surface area contributed by atoms with Crippen LogP contribution in [0.25, 0.3) is 0 Å². The summed E-state index contributed by atoms with van der Waals surface area (Å²) in [5, 5.41) is 0. The first-order valence-electron chi connectivity index (χ1n) is 6.17. The molecule has 1 aromatic carbocycles. The Kier molecular flexibility index (Phi) is 4.82. The predicted molar refractivity (Wildman–Crippen MR) is 67.8 cm³/mol. The molecule has 1 heterocycles. The molecule has 0 aliphatic carbocycles. The van der Waals surface area contributed by atoms with Crippen molar-refractivity contribution < 1.29 is 13.6 Å². The molecule has 0 N–H and O–H groups in total. The highest BCUT2D eigenvalue weighted by Crippen LogP contribution is 2.27. The third kappa shape index (κ3) is 3.79. The van der Waals surface area contributed by atoms with Crippen molar-refractivity contribution in [1.82, 2.24) is 4.90 Å². The van der Waals surface area contributed by atoms with Gasteiger partial charge >= 0.3 is 0 Å². The fourth-order valence-corrected chi connectivity index (χ4v) is 1.68. The molecule has 0 saturated carbocycles. The topological polar surface area (TPSA) is 20.3 Å². The summed E-state index contributed by atoms with van der Waals surface area (Å²) in [7, 11) is 0. The van der Waals surface area contributed by atoms with Crippen LogP contribution in [-0.4, -0.2) is 29.8 Å². The smallest absolute Gasteiger partial charge is 0.282 e. The van der Waals surface area contributed by atoms with Crippen molar-refractivity contribution in [2.24, 2.45) is 0 Å². The van der Waals surface area contributed by atoms with Gasteiger partial charge in [0.1, 0.15) is 0 Å². The van der Waals surface area contributed by atoms with Gasteiger partial charge in [-0.15, -0.1) is 0 Å². The molecule has 100 valence electrons. The van der Waals surface area contributed by atoms with Gasteiger partial charge in [-0.1, -0.05) is 43.7 Å². The Morgan fingerprint density at radius 3 is 2.17 bits per heavy atom. The number of hydrogen-bond acceptors (Lipinski definition) is 1. The summed E-state index contributed by atoms with van der Waals surface area (Å²) in [5.41, 5.74) is 1.98. The lowest BCUT2D eigenvalue weighted by atomic mass is 10.1. The van der Waals surface area contributed by atoms with Gasteiger partial charge in [0.05, 0.1) is 19.5 Å². The third-order valence-corrected chi connectivity index (χ3v) is 2.67. The minimum atomic E-state index is -2.68. The van der Waals surface area contributed by atoms with Crippen molar-refractivity contribution in [3.63, 3.8) is 0 Å². The predicted octanol–water partition coefficient (Wildman–Crippen LogP) is 3.04. The zero-order valence-corrected chi connectivity index (χ0v) is 11.0. The molecule has 4 heteroatoms. The number of aryl methyl sites for hydroxylation is 1. The Morgan fingerprint density at radius 2 is 1.72 bits per heavy atom. The second-order valence-electron chi connectivity index (χ2n) is 4.27. The summed E-state index contributed by atoms with van der Waals surface area (Å²) in [5.74, 6) is -2.90.